The Kier molecular flexibility index (Phi) is 6.09. The molecule has 160 valence electrons. The lowest BCUT2D eigenvalue weighted by molar-refractivity contribution is -0.132. The molecule has 1 aromatic carbocycles. The topological polar surface area (TPSA) is 127 Å². The molecule has 0 aliphatic carbocycles. The molecule has 1 unspecified atom stereocenters. The van der Waals surface area contributed by atoms with Crippen LogP contribution in [0, 0.1) is 0 Å². The number of sulfone groups is 1. The molecule has 30 heavy (non-hydrogen) atoms. The van der Waals surface area contributed by atoms with E-state index in [4.69, 9.17) is 14.8 Å². The molecule has 2 heterocycles. The lowest BCUT2D eigenvalue weighted by Gasteiger charge is -2.26. The first-order valence-corrected chi connectivity index (χ1v) is 11.0. The van der Waals surface area contributed by atoms with Gasteiger partial charge in [0.15, 0.2) is 14.6 Å². The van der Waals surface area contributed by atoms with Gasteiger partial charge in [-0.3, -0.25) is 10.0 Å². The van der Waals surface area contributed by atoms with Crippen molar-refractivity contribution in [3.05, 3.63) is 48.2 Å². The van der Waals surface area contributed by atoms with E-state index in [-0.39, 0.29) is 6.42 Å². The number of nitrogens with zero attached hydrogens (tertiary/aromatic N) is 2. The summed E-state index contributed by atoms with van der Waals surface area (Å²) in [6, 6.07) is 11.3. The molecular formula is C20H23N3O6S. The second-order valence-corrected chi connectivity index (χ2v) is 9.73. The Balaban J connectivity index is 1.71. The van der Waals surface area contributed by atoms with Crippen molar-refractivity contribution < 1.29 is 28.0 Å². The first-order chi connectivity index (χ1) is 14.2. The number of methoxy groups -OCH3 is 1. The number of pyridine rings is 1. The molecule has 2 aromatic rings. The van der Waals surface area contributed by atoms with Crippen LogP contribution < -0.4 is 10.2 Å². The van der Waals surface area contributed by atoms with E-state index in [1.165, 1.54) is 12.4 Å². The van der Waals surface area contributed by atoms with E-state index < -0.39 is 26.6 Å². The molecule has 1 aliphatic rings. The number of ether oxygens (including phenoxy) is 1. The van der Waals surface area contributed by atoms with Gasteiger partial charge in [0.1, 0.15) is 6.10 Å². The molecule has 0 saturated heterocycles. The average molecular weight is 433 g/mol. The van der Waals surface area contributed by atoms with Gasteiger partial charge < -0.3 is 9.57 Å². The highest BCUT2D eigenvalue weighted by atomic mass is 32.2. The fourth-order valence-corrected chi connectivity index (χ4v) is 4.07. The monoisotopic (exact) mass is 433 g/mol. The van der Waals surface area contributed by atoms with Crippen LogP contribution in [0.15, 0.2) is 47.8 Å². The number of oxime groups is 1. The summed E-state index contributed by atoms with van der Waals surface area (Å²) in [6.07, 6.45) is 2.26. The van der Waals surface area contributed by atoms with Crippen molar-refractivity contribution >= 4 is 21.5 Å². The maximum Gasteiger partial charge on any atom is 0.264 e. The Hall–Kier alpha value is -2.98. The Morgan fingerprint density at radius 3 is 2.40 bits per heavy atom. The van der Waals surface area contributed by atoms with Gasteiger partial charge in [0, 0.05) is 36.9 Å². The number of nitrogens with one attached hydrogen (secondary N) is 1. The second-order valence-electron chi connectivity index (χ2n) is 7.28. The SMILES string of the molecule is COc1ccc(-c2ccc(C3=NO[C@@H](CC(C)(C(=O)NO)S(C)(=O)=O)C3)cc2)cn1. The molecule has 0 bridgehead atoms. The van der Waals surface area contributed by atoms with Crippen LogP contribution in [0.4, 0.5) is 0 Å². The van der Waals surface area contributed by atoms with Gasteiger partial charge in [-0.25, -0.2) is 18.9 Å². The number of carbonyl (C=O) groups excluding carboxylic acids is 1. The zero-order valence-corrected chi connectivity index (χ0v) is 17.6. The van der Waals surface area contributed by atoms with Crippen molar-refractivity contribution in [2.45, 2.75) is 30.6 Å². The molecule has 2 N–H and O–H groups in total. The van der Waals surface area contributed by atoms with Crippen LogP contribution in [0.3, 0.4) is 0 Å². The van der Waals surface area contributed by atoms with Crippen LogP contribution >= 0.6 is 0 Å². The zero-order chi connectivity index (χ0) is 21.9. The first kappa shape index (κ1) is 21.7. The largest absolute Gasteiger partial charge is 0.481 e. The number of hydroxylamine groups is 1. The second kappa shape index (κ2) is 8.41. The zero-order valence-electron chi connectivity index (χ0n) is 16.8. The minimum absolute atomic E-state index is 0.138. The summed E-state index contributed by atoms with van der Waals surface area (Å²) in [7, 11) is -2.25. The predicted molar refractivity (Wildman–Crippen MR) is 110 cm³/mol. The molecule has 0 spiro atoms. The van der Waals surface area contributed by atoms with Crippen molar-refractivity contribution in [3.63, 3.8) is 0 Å². The summed E-state index contributed by atoms with van der Waals surface area (Å²) in [5.41, 5.74) is 4.82. The quantitative estimate of drug-likeness (QED) is 0.505. The molecule has 1 aromatic heterocycles. The number of amides is 1. The molecule has 0 fully saturated rings. The third-order valence-corrected chi connectivity index (χ3v) is 7.24. The number of carbonyl (C=O) groups is 1. The van der Waals surface area contributed by atoms with Gasteiger partial charge in [0.05, 0.1) is 12.8 Å². The van der Waals surface area contributed by atoms with Crippen molar-refractivity contribution in [1.29, 1.82) is 0 Å². The highest BCUT2D eigenvalue weighted by Gasteiger charge is 2.47. The van der Waals surface area contributed by atoms with Crippen molar-refractivity contribution in [2.24, 2.45) is 5.16 Å². The Bertz CT molecular complexity index is 1050. The maximum absolute atomic E-state index is 12.1. The van der Waals surface area contributed by atoms with Crippen molar-refractivity contribution in [2.75, 3.05) is 13.4 Å². The summed E-state index contributed by atoms with van der Waals surface area (Å²) in [5.74, 6) is -0.464. The highest BCUT2D eigenvalue weighted by Crippen LogP contribution is 2.30. The summed E-state index contributed by atoms with van der Waals surface area (Å²) >= 11 is 0. The molecule has 0 saturated carbocycles. The number of aromatic nitrogens is 1. The molecule has 10 heteroatoms. The van der Waals surface area contributed by atoms with Gasteiger partial charge in [-0.15, -0.1) is 0 Å². The normalized spacial score (nSPS) is 18.1. The van der Waals surface area contributed by atoms with Gasteiger partial charge in [-0.1, -0.05) is 29.4 Å². The molecule has 1 aliphatic heterocycles. The lowest BCUT2D eigenvalue weighted by atomic mass is 9.96. The van der Waals surface area contributed by atoms with E-state index in [0.29, 0.717) is 18.0 Å². The molecule has 3 rings (SSSR count). The standard InChI is InChI=1S/C20H23N3O6S/c1-20(19(24)22-25,30(3,26)27)11-16-10-17(23-29-16)14-6-4-13(5-7-14)15-8-9-18(28-2)21-12-15/h4-9,12,16,25H,10-11H2,1-3H3,(H,22,24)/t16-,20?/m1/s1. The smallest absolute Gasteiger partial charge is 0.264 e. The number of hydrogen-bond acceptors (Lipinski definition) is 8. The lowest BCUT2D eigenvalue weighted by Crippen LogP contribution is -2.51. The minimum atomic E-state index is -3.80. The summed E-state index contributed by atoms with van der Waals surface area (Å²) in [5, 5.41) is 13.0. The van der Waals surface area contributed by atoms with E-state index in [1.54, 1.807) is 19.4 Å². The predicted octanol–water partition coefficient (Wildman–Crippen LogP) is 1.95. The van der Waals surface area contributed by atoms with E-state index in [0.717, 1.165) is 22.9 Å². The third kappa shape index (κ3) is 4.29. The Morgan fingerprint density at radius 2 is 1.87 bits per heavy atom. The van der Waals surface area contributed by atoms with Crippen LogP contribution in [0.5, 0.6) is 5.88 Å². The highest BCUT2D eigenvalue weighted by molar-refractivity contribution is 7.92. The van der Waals surface area contributed by atoms with Crippen molar-refractivity contribution in [3.8, 4) is 17.0 Å². The Labute approximate surface area is 174 Å². The molecule has 1 amide bonds. The number of hydrogen-bond donors (Lipinski definition) is 2. The van der Waals surface area contributed by atoms with Crippen LogP contribution in [-0.4, -0.2) is 54.4 Å². The van der Waals surface area contributed by atoms with Crippen LogP contribution in [0.25, 0.3) is 11.1 Å². The number of benzene rings is 1. The van der Waals surface area contributed by atoms with E-state index in [9.17, 15) is 13.2 Å². The third-order valence-electron chi connectivity index (χ3n) is 5.25. The molecule has 0 radical (unpaired) electrons. The minimum Gasteiger partial charge on any atom is -0.481 e. The van der Waals surface area contributed by atoms with E-state index >= 15 is 0 Å². The van der Waals surface area contributed by atoms with Crippen molar-refractivity contribution in [1.82, 2.24) is 10.5 Å². The molecule has 2 atom stereocenters. The van der Waals surface area contributed by atoms with E-state index in [1.807, 2.05) is 30.3 Å². The van der Waals surface area contributed by atoms with Crippen LogP contribution in [0.1, 0.15) is 25.3 Å². The van der Waals surface area contributed by atoms with Crippen LogP contribution in [-0.2, 0) is 19.5 Å². The summed E-state index contributed by atoms with van der Waals surface area (Å²) in [6.45, 7) is 1.26. The van der Waals surface area contributed by atoms with Gasteiger partial charge in [-0.05, 0) is 24.1 Å². The molecule has 9 nitrogen and oxygen atoms in total. The van der Waals surface area contributed by atoms with Gasteiger partial charge >= 0.3 is 0 Å². The molecular weight excluding hydrogens is 410 g/mol. The summed E-state index contributed by atoms with van der Waals surface area (Å²) < 4.78 is 27.5. The van der Waals surface area contributed by atoms with Gasteiger partial charge in [-0.2, -0.15) is 0 Å². The van der Waals surface area contributed by atoms with E-state index in [2.05, 4.69) is 10.1 Å². The average Bonchev–Trinajstić information content (AvgIpc) is 3.20. The summed E-state index contributed by atoms with van der Waals surface area (Å²) in [4.78, 5) is 21.6. The number of rotatable bonds is 7. The van der Waals surface area contributed by atoms with Crippen LogP contribution in [0.2, 0.25) is 0 Å². The first-order valence-electron chi connectivity index (χ1n) is 9.15. The van der Waals surface area contributed by atoms with Gasteiger partial charge in [0.25, 0.3) is 5.91 Å². The maximum atomic E-state index is 12.1. The fraction of sp³-hybridized carbons (Fsp3) is 0.350. The Morgan fingerprint density at radius 1 is 1.23 bits per heavy atom. The van der Waals surface area contributed by atoms with Gasteiger partial charge in [0.2, 0.25) is 5.88 Å². The fourth-order valence-electron chi connectivity index (χ4n) is 3.20.